The van der Waals surface area contributed by atoms with Crippen LogP contribution in [0.2, 0.25) is 0 Å². The number of ketones is 1. The molecule has 4 amide bonds. The van der Waals surface area contributed by atoms with Crippen LogP contribution in [0, 0.1) is 12.8 Å². The summed E-state index contributed by atoms with van der Waals surface area (Å²) in [4.78, 5) is 59.9. The number of carbonyl (C=O) groups is 5. The molecule has 0 aliphatic carbocycles. The SMILES string of the molecule is C=CC(=O)C(CNC(C)=O)NC(=O)CNC(=O)C(CC(C)C)NC(=O)OCc1ccccc1.Cc1ccccc1. The Hall–Kier alpha value is -4.47. The molecule has 0 heterocycles. The second-order valence-corrected chi connectivity index (χ2v) is 9.42. The smallest absolute Gasteiger partial charge is 0.408 e. The second kappa shape index (κ2) is 18.7. The Bertz CT molecular complexity index is 1110. The van der Waals surface area contributed by atoms with Crippen LogP contribution in [0.25, 0.3) is 0 Å². The van der Waals surface area contributed by atoms with Gasteiger partial charge in [0, 0.05) is 13.5 Å². The third-order valence-electron chi connectivity index (χ3n) is 5.33. The van der Waals surface area contributed by atoms with E-state index in [1.807, 2.05) is 50.2 Å². The second-order valence-electron chi connectivity index (χ2n) is 9.42. The van der Waals surface area contributed by atoms with Crippen molar-refractivity contribution in [2.45, 2.75) is 52.8 Å². The fourth-order valence-corrected chi connectivity index (χ4v) is 3.29. The van der Waals surface area contributed by atoms with Gasteiger partial charge >= 0.3 is 6.09 Å². The van der Waals surface area contributed by atoms with Crippen molar-refractivity contribution >= 4 is 29.6 Å². The number of benzene rings is 2. The van der Waals surface area contributed by atoms with E-state index in [1.54, 1.807) is 12.1 Å². The Morgan fingerprint density at radius 3 is 1.98 bits per heavy atom. The average Bonchev–Trinajstić information content (AvgIpc) is 2.93. The van der Waals surface area contributed by atoms with Gasteiger partial charge in [0.25, 0.3) is 0 Å². The molecule has 0 saturated carbocycles. The molecule has 40 heavy (non-hydrogen) atoms. The van der Waals surface area contributed by atoms with Crippen LogP contribution in [-0.2, 0) is 30.5 Å². The molecule has 2 aromatic carbocycles. The minimum Gasteiger partial charge on any atom is -0.445 e. The first kappa shape index (κ1) is 33.6. The zero-order valence-corrected chi connectivity index (χ0v) is 23.6. The summed E-state index contributed by atoms with van der Waals surface area (Å²) in [5.74, 6) is -1.96. The normalized spacial score (nSPS) is 11.5. The largest absolute Gasteiger partial charge is 0.445 e. The molecule has 2 atom stereocenters. The zero-order chi connectivity index (χ0) is 29.9. The number of hydrogen-bond acceptors (Lipinski definition) is 6. The van der Waals surface area contributed by atoms with Gasteiger partial charge in [0.1, 0.15) is 18.7 Å². The van der Waals surface area contributed by atoms with Crippen molar-refractivity contribution in [2.75, 3.05) is 13.1 Å². The third-order valence-corrected chi connectivity index (χ3v) is 5.33. The Kier molecular flexibility index (Phi) is 15.7. The number of rotatable bonds is 13. The molecule has 4 N–H and O–H groups in total. The lowest BCUT2D eigenvalue weighted by atomic mass is 10.0. The van der Waals surface area contributed by atoms with E-state index in [4.69, 9.17) is 4.74 Å². The van der Waals surface area contributed by atoms with Gasteiger partial charge in [-0.2, -0.15) is 0 Å². The molecular formula is C30H40N4O6. The predicted molar refractivity (Wildman–Crippen MR) is 153 cm³/mol. The van der Waals surface area contributed by atoms with Crippen molar-refractivity contribution in [3.63, 3.8) is 0 Å². The van der Waals surface area contributed by atoms with Crippen molar-refractivity contribution < 1.29 is 28.7 Å². The van der Waals surface area contributed by atoms with Crippen molar-refractivity contribution in [2.24, 2.45) is 5.92 Å². The molecule has 2 unspecified atom stereocenters. The summed E-state index contributed by atoms with van der Waals surface area (Å²) in [7, 11) is 0. The molecule has 0 aliphatic rings. The lowest BCUT2D eigenvalue weighted by molar-refractivity contribution is -0.129. The van der Waals surface area contributed by atoms with Crippen LogP contribution < -0.4 is 21.3 Å². The summed E-state index contributed by atoms with van der Waals surface area (Å²) in [5, 5.41) is 9.85. The fraction of sp³-hybridized carbons (Fsp3) is 0.367. The number of carbonyl (C=O) groups excluding carboxylic acids is 5. The van der Waals surface area contributed by atoms with Crippen LogP contribution in [0.15, 0.2) is 73.3 Å². The Morgan fingerprint density at radius 1 is 0.875 bits per heavy atom. The molecule has 2 rings (SSSR count). The molecule has 0 fully saturated rings. The Morgan fingerprint density at radius 2 is 1.48 bits per heavy atom. The maximum atomic E-state index is 12.6. The van der Waals surface area contributed by atoms with E-state index < -0.39 is 42.3 Å². The fourth-order valence-electron chi connectivity index (χ4n) is 3.29. The van der Waals surface area contributed by atoms with Crippen molar-refractivity contribution in [3.05, 3.63) is 84.4 Å². The van der Waals surface area contributed by atoms with E-state index in [0.29, 0.717) is 6.42 Å². The summed E-state index contributed by atoms with van der Waals surface area (Å²) >= 11 is 0. The highest BCUT2D eigenvalue weighted by Gasteiger charge is 2.24. The number of alkyl carbamates (subject to hydrolysis) is 1. The molecule has 10 heteroatoms. The molecule has 2 aromatic rings. The summed E-state index contributed by atoms with van der Waals surface area (Å²) in [6.45, 7) is 10.0. The quantitative estimate of drug-likeness (QED) is 0.282. The average molecular weight is 553 g/mol. The topological polar surface area (TPSA) is 143 Å². The van der Waals surface area contributed by atoms with Gasteiger partial charge in [-0.05, 0) is 30.9 Å². The summed E-state index contributed by atoms with van der Waals surface area (Å²) in [6.07, 6.45) is 0.610. The van der Waals surface area contributed by atoms with Gasteiger partial charge in [-0.25, -0.2) is 4.79 Å². The summed E-state index contributed by atoms with van der Waals surface area (Å²) in [6, 6.07) is 17.4. The highest BCUT2D eigenvalue weighted by molar-refractivity contribution is 5.98. The van der Waals surface area contributed by atoms with E-state index in [0.717, 1.165) is 11.6 Å². The molecule has 0 aliphatic heterocycles. The van der Waals surface area contributed by atoms with Crippen LogP contribution in [0.3, 0.4) is 0 Å². The van der Waals surface area contributed by atoms with Crippen molar-refractivity contribution in [1.29, 1.82) is 0 Å². The Balaban J connectivity index is 0.000000985. The molecule has 0 bridgehead atoms. The van der Waals surface area contributed by atoms with E-state index in [1.165, 1.54) is 12.5 Å². The van der Waals surface area contributed by atoms with Gasteiger partial charge in [-0.1, -0.05) is 86.7 Å². The maximum absolute atomic E-state index is 12.6. The molecule has 0 spiro atoms. The minimum atomic E-state index is -1.01. The van der Waals surface area contributed by atoms with Gasteiger partial charge in [0.05, 0.1) is 6.54 Å². The number of hydrogen-bond donors (Lipinski definition) is 4. The van der Waals surface area contributed by atoms with E-state index in [2.05, 4.69) is 46.9 Å². The molecule has 216 valence electrons. The van der Waals surface area contributed by atoms with Crippen LogP contribution in [0.5, 0.6) is 0 Å². The van der Waals surface area contributed by atoms with E-state index >= 15 is 0 Å². The van der Waals surface area contributed by atoms with Crippen LogP contribution in [0.1, 0.15) is 38.3 Å². The molecule has 0 aromatic heterocycles. The molecule has 10 nitrogen and oxygen atoms in total. The van der Waals surface area contributed by atoms with Gasteiger partial charge in [-0.3, -0.25) is 19.2 Å². The first-order chi connectivity index (χ1) is 19.0. The van der Waals surface area contributed by atoms with Gasteiger partial charge in [0.15, 0.2) is 5.78 Å². The van der Waals surface area contributed by atoms with Crippen molar-refractivity contribution in [3.8, 4) is 0 Å². The lowest BCUT2D eigenvalue weighted by Crippen LogP contribution is -2.52. The summed E-state index contributed by atoms with van der Waals surface area (Å²) in [5.41, 5.74) is 2.12. The lowest BCUT2D eigenvalue weighted by Gasteiger charge is -2.21. The van der Waals surface area contributed by atoms with Crippen LogP contribution >= 0.6 is 0 Å². The van der Waals surface area contributed by atoms with Gasteiger partial charge in [0.2, 0.25) is 17.7 Å². The van der Waals surface area contributed by atoms with Crippen LogP contribution in [-0.4, -0.2) is 54.8 Å². The number of ether oxygens (including phenoxy) is 1. The number of nitrogens with one attached hydrogen (secondary N) is 4. The first-order valence-corrected chi connectivity index (χ1v) is 13.0. The van der Waals surface area contributed by atoms with E-state index in [-0.39, 0.29) is 25.0 Å². The highest BCUT2D eigenvalue weighted by Crippen LogP contribution is 2.06. The Labute approximate surface area is 235 Å². The maximum Gasteiger partial charge on any atom is 0.408 e. The third kappa shape index (κ3) is 15.1. The van der Waals surface area contributed by atoms with Crippen molar-refractivity contribution in [1.82, 2.24) is 21.3 Å². The number of amides is 4. The molecule has 0 radical (unpaired) electrons. The zero-order valence-electron chi connectivity index (χ0n) is 23.6. The molecular weight excluding hydrogens is 512 g/mol. The van der Waals surface area contributed by atoms with Gasteiger partial charge < -0.3 is 26.0 Å². The summed E-state index contributed by atoms with van der Waals surface area (Å²) < 4.78 is 5.16. The number of aryl methyl sites for hydroxylation is 1. The van der Waals surface area contributed by atoms with Gasteiger partial charge in [-0.15, -0.1) is 0 Å². The van der Waals surface area contributed by atoms with E-state index in [9.17, 15) is 24.0 Å². The standard InChI is InChI=1S/C23H32N4O6.C7H8/c1-5-20(29)19(12-24-16(4)28)26-21(30)13-25-22(31)18(11-15(2)3)27-23(32)33-14-17-9-7-6-8-10-17;1-7-5-3-2-4-6-7/h5-10,15,18-19H,1,11-14H2,2-4H3,(H,24,28)(H,25,31)(H,26,30)(H,27,32);2-6H,1H3. The highest BCUT2D eigenvalue weighted by atomic mass is 16.5. The monoisotopic (exact) mass is 552 g/mol. The predicted octanol–water partition coefficient (Wildman–Crippen LogP) is 2.81. The van der Waals surface area contributed by atoms with Crippen LogP contribution in [0.4, 0.5) is 4.79 Å². The minimum absolute atomic E-state index is 0.0537. The molecule has 0 saturated heterocycles. The first-order valence-electron chi connectivity index (χ1n) is 13.0.